The maximum absolute atomic E-state index is 13.5. The number of hydrogen-bond donors (Lipinski definition) is 9. The van der Waals surface area contributed by atoms with Gasteiger partial charge in [-0.05, 0) is 41.8 Å². The van der Waals surface area contributed by atoms with Crippen LogP contribution in [0.3, 0.4) is 0 Å². The van der Waals surface area contributed by atoms with E-state index in [0.29, 0.717) is 16.8 Å². The lowest BCUT2D eigenvalue weighted by atomic mass is 10.0. The normalized spacial score (nSPS) is 13.8. The van der Waals surface area contributed by atoms with Crippen molar-refractivity contribution < 1.29 is 39.6 Å². The van der Waals surface area contributed by atoms with E-state index >= 15 is 0 Å². The van der Waals surface area contributed by atoms with Crippen molar-refractivity contribution >= 4 is 23.7 Å². The molecule has 1 heterocycles. The molecule has 3 aromatic rings. The Morgan fingerprint density at radius 2 is 1.24 bits per heavy atom. The average Bonchev–Trinajstić information content (AvgIpc) is 3.46. The van der Waals surface area contributed by atoms with Gasteiger partial charge in [0.2, 0.25) is 17.7 Å². The summed E-state index contributed by atoms with van der Waals surface area (Å²) >= 11 is 0. The molecule has 10 N–H and O–H groups in total. The summed E-state index contributed by atoms with van der Waals surface area (Å²) in [4.78, 5) is 57.5. The molecule has 0 aliphatic heterocycles. The fourth-order valence-electron chi connectivity index (χ4n) is 3.89. The molecule has 14 nitrogen and oxygen atoms in total. The molecule has 3 amide bonds. The minimum absolute atomic E-state index is 0.00266. The van der Waals surface area contributed by atoms with Gasteiger partial charge >= 0.3 is 5.97 Å². The zero-order chi connectivity index (χ0) is 29.9. The van der Waals surface area contributed by atoms with Gasteiger partial charge in [0, 0.05) is 24.7 Å². The number of carbonyl (C=O) groups excluding carboxylic acids is 3. The number of benzene rings is 2. The zero-order valence-electron chi connectivity index (χ0n) is 21.9. The molecular weight excluding hydrogens is 536 g/mol. The molecule has 3 rings (SSSR count). The van der Waals surface area contributed by atoms with Crippen molar-refractivity contribution in [1.29, 1.82) is 0 Å². The van der Waals surface area contributed by atoms with Gasteiger partial charge in [-0.15, -0.1) is 0 Å². The predicted octanol–water partition coefficient (Wildman–Crippen LogP) is -1.29. The molecule has 4 unspecified atom stereocenters. The quantitative estimate of drug-likeness (QED) is 0.111. The second-order valence-corrected chi connectivity index (χ2v) is 9.33. The predicted molar refractivity (Wildman–Crippen MR) is 144 cm³/mol. The molecule has 4 atom stereocenters. The number of aromatic hydroxyl groups is 2. The van der Waals surface area contributed by atoms with Gasteiger partial charge < -0.3 is 47.1 Å². The van der Waals surface area contributed by atoms with E-state index in [-0.39, 0.29) is 30.8 Å². The Kier molecular flexibility index (Phi) is 10.8. The monoisotopic (exact) mass is 568 g/mol. The number of H-pyrrole nitrogens is 1. The molecule has 14 heteroatoms. The highest BCUT2D eigenvalue weighted by Gasteiger charge is 2.31. The second-order valence-electron chi connectivity index (χ2n) is 9.33. The minimum atomic E-state index is -1.60. The maximum Gasteiger partial charge on any atom is 0.328 e. The SMILES string of the molecule is NC(Cc1ccc(O)cc1)C(=O)NC(Cc1ccc(O)cc1)C(=O)NC(Cc1cnc[nH]1)C(=O)NC(CO)C(=O)O. The lowest BCUT2D eigenvalue weighted by molar-refractivity contribution is -0.143. The summed E-state index contributed by atoms with van der Waals surface area (Å²) in [6, 6.07) is 6.90. The molecule has 0 aliphatic rings. The van der Waals surface area contributed by atoms with E-state index in [9.17, 15) is 39.6 Å². The molecule has 218 valence electrons. The molecule has 2 aromatic carbocycles. The Balaban J connectivity index is 1.80. The minimum Gasteiger partial charge on any atom is -0.508 e. The highest BCUT2D eigenvalue weighted by Crippen LogP contribution is 2.13. The van der Waals surface area contributed by atoms with E-state index in [0.717, 1.165) is 0 Å². The van der Waals surface area contributed by atoms with E-state index in [2.05, 4.69) is 25.9 Å². The van der Waals surface area contributed by atoms with Crippen molar-refractivity contribution in [2.24, 2.45) is 5.73 Å². The number of amides is 3. The van der Waals surface area contributed by atoms with Crippen LogP contribution in [0.5, 0.6) is 11.5 Å². The summed E-state index contributed by atoms with van der Waals surface area (Å²) in [5, 5.41) is 45.0. The molecule has 0 saturated carbocycles. The number of phenolic OH excluding ortho intramolecular Hbond substituents is 2. The van der Waals surface area contributed by atoms with Crippen molar-refractivity contribution in [3.63, 3.8) is 0 Å². The summed E-state index contributed by atoms with van der Waals surface area (Å²) in [7, 11) is 0. The fourth-order valence-corrected chi connectivity index (χ4v) is 3.89. The maximum atomic E-state index is 13.5. The number of aromatic nitrogens is 2. The first kappa shape index (κ1) is 30.6. The summed E-state index contributed by atoms with van der Waals surface area (Å²) < 4.78 is 0. The van der Waals surface area contributed by atoms with Gasteiger partial charge in [-0.1, -0.05) is 24.3 Å². The average molecular weight is 569 g/mol. The summed E-state index contributed by atoms with van der Waals surface area (Å²) in [6.45, 7) is -0.871. The number of aliphatic hydroxyl groups is 1. The summed E-state index contributed by atoms with van der Waals surface area (Å²) in [5.74, 6) is -3.71. The van der Waals surface area contributed by atoms with Crippen LogP contribution in [0.1, 0.15) is 16.8 Å². The Bertz CT molecular complexity index is 1310. The molecule has 0 fully saturated rings. The first-order valence-electron chi connectivity index (χ1n) is 12.6. The number of hydrogen-bond acceptors (Lipinski definition) is 9. The van der Waals surface area contributed by atoms with Crippen LogP contribution in [0.4, 0.5) is 0 Å². The van der Waals surface area contributed by atoms with Gasteiger partial charge in [0.25, 0.3) is 0 Å². The number of carboxylic acid groups (broad SMARTS) is 1. The van der Waals surface area contributed by atoms with E-state index in [1.165, 1.54) is 36.8 Å². The number of aromatic amines is 1. The Labute approximate surface area is 234 Å². The second kappa shape index (κ2) is 14.4. The number of aliphatic carboxylic acids is 1. The van der Waals surface area contributed by atoms with Crippen LogP contribution in [-0.4, -0.2) is 84.9 Å². The van der Waals surface area contributed by atoms with Crippen LogP contribution in [0.2, 0.25) is 0 Å². The van der Waals surface area contributed by atoms with Crippen LogP contribution in [0, 0.1) is 0 Å². The molecular formula is C27H32N6O8. The number of carboxylic acids is 1. The molecule has 0 radical (unpaired) electrons. The molecule has 0 spiro atoms. The smallest absolute Gasteiger partial charge is 0.328 e. The van der Waals surface area contributed by atoms with Gasteiger partial charge in [0.05, 0.1) is 19.0 Å². The van der Waals surface area contributed by atoms with Crippen LogP contribution in [0.25, 0.3) is 0 Å². The van der Waals surface area contributed by atoms with E-state index in [1.54, 1.807) is 24.3 Å². The fraction of sp³-hybridized carbons (Fsp3) is 0.296. The van der Waals surface area contributed by atoms with Gasteiger partial charge in [0.1, 0.15) is 29.6 Å². The topological polar surface area (TPSA) is 240 Å². The zero-order valence-corrected chi connectivity index (χ0v) is 21.9. The number of nitrogens with one attached hydrogen (secondary N) is 4. The van der Waals surface area contributed by atoms with E-state index < -0.39 is 54.5 Å². The molecule has 41 heavy (non-hydrogen) atoms. The van der Waals surface area contributed by atoms with Crippen LogP contribution < -0.4 is 21.7 Å². The Morgan fingerprint density at radius 3 is 1.73 bits per heavy atom. The standard InChI is InChI=1S/C27H32N6O8/c28-20(9-15-1-5-18(35)6-2-15)24(37)31-21(10-16-3-7-19(36)8-4-16)25(38)32-22(11-17-12-29-14-30-17)26(39)33-23(13-34)27(40)41/h1-8,12,14,20-23,34-36H,9-11,13,28H2,(H,29,30)(H,31,37)(H,32,38)(H,33,39)(H,40,41). The largest absolute Gasteiger partial charge is 0.508 e. The van der Waals surface area contributed by atoms with Gasteiger partial charge in [-0.25, -0.2) is 9.78 Å². The number of nitrogens with two attached hydrogens (primary N) is 1. The highest BCUT2D eigenvalue weighted by molar-refractivity contribution is 5.94. The number of imidazole rings is 1. The molecule has 1 aromatic heterocycles. The Morgan fingerprint density at radius 1 is 0.756 bits per heavy atom. The Hall–Kier alpha value is -4.95. The number of nitrogens with zero attached hydrogens (tertiary/aromatic N) is 1. The van der Waals surface area contributed by atoms with E-state index in [4.69, 9.17) is 5.73 Å². The molecule has 0 bridgehead atoms. The third-order valence-electron chi connectivity index (χ3n) is 6.15. The lowest BCUT2D eigenvalue weighted by Gasteiger charge is -2.25. The van der Waals surface area contributed by atoms with Crippen LogP contribution >= 0.6 is 0 Å². The van der Waals surface area contributed by atoms with Crippen molar-refractivity contribution in [3.8, 4) is 11.5 Å². The van der Waals surface area contributed by atoms with Crippen molar-refractivity contribution in [1.82, 2.24) is 25.9 Å². The van der Waals surface area contributed by atoms with Gasteiger partial charge in [-0.3, -0.25) is 14.4 Å². The number of carbonyl (C=O) groups is 4. The summed E-state index contributed by atoms with van der Waals surface area (Å²) in [5.41, 5.74) is 7.81. The molecule has 0 saturated heterocycles. The number of phenols is 2. The van der Waals surface area contributed by atoms with Crippen LogP contribution in [0.15, 0.2) is 61.1 Å². The highest BCUT2D eigenvalue weighted by atomic mass is 16.4. The number of aliphatic hydroxyl groups excluding tert-OH is 1. The lowest BCUT2D eigenvalue weighted by Crippen LogP contribution is -2.58. The summed E-state index contributed by atoms with van der Waals surface area (Å²) in [6.07, 6.45) is 2.77. The number of rotatable bonds is 14. The first-order valence-corrected chi connectivity index (χ1v) is 12.6. The van der Waals surface area contributed by atoms with Gasteiger partial charge in [-0.2, -0.15) is 0 Å². The third kappa shape index (κ3) is 9.33. The van der Waals surface area contributed by atoms with Gasteiger partial charge in [0.15, 0.2) is 0 Å². The third-order valence-corrected chi connectivity index (χ3v) is 6.15. The van der Waals surface area contributed by atoms with Crippen molar-refractivity contribution in [3.05, 3.63) is 77.9 Å². The molecule has 0 aliphatic carbocycles. The van der Waals surface area contributed by atoms with Crippen molar-refractivity contribution in [2.45, 2.75) is 43.4 Å². The first-order chi connectivity index (χ1) is 19.5. The van der Waals surface area contributed by atoms with Crippen molar-refractivity contribution in [2.75, 3.05) is 6.61 Å². The van der Waals surface area contributed by atoms with Crippen LogP contribution in [-0.2, 0) is 38.4 Å². The van der Waals surface area contributed by atoms with E-state index in [1.807, 2.05) is 0 Å².